The molecule has 1 aromatic carbocycles. The SMILES string of the molecule is CC(C)(C)NCc1ncn(Cc2c(F)cccc2Cl)n1. The van der Waals surface area contributed by atoms with Gasteiger partial charge in [-0.3, -0.25) is 0 Å². The van der Waals surface area contributed by atoms with E-state index in [-0.39, 0.29) is 17.9 Å². The Labute approximate surface area is 123 Å². The van der Waals surface area contributed by atoms with E-state index in [4.69, 9.17) is 11.6 Å². The van der Waals surface area contributed by atoms with E-state index >= 15 is 0 Å². The van der Waals surface area contributed by atoms with Crippen LogP contribution in [0.25, 0.3) is 0 Å². The molecule has 6 heteroatoms. The first-order valence-electron chi connectivity index (χ1n) is 6.41. The molecule has 2 aromatic rings. The topological polar surface area (TPSA) is 42.7 Å². The molecule has 1 N–H and O–H groups in total. The molecule has 0 radical (unpaired) electrons. The van der Waals surface area contributed by atoms with Crippen LogP contribution in [0.5, 0.6) is 0 Å². The highest BCUT2D eigenvalue weighted by molar-refractivity contribution is 6.31. The Hall–Kier alpha value is -1.46. The minimum absolute atomic E-state index is 0.000304. The van der Waals surface area contributed by atoms with E-state index < -0.39 is 0 Å². The average Bonchev–Trinajstić information content (AvgIpc) is 2.79. The van der Waals surface area contributed by atoms with Gasteiger partial charge in [-0.15, -0.1) is 0 Å². The second kappa shape index (κ2) is 5.89. The van der Waals surface area contributed by atoms with E-state index in [2.05, 4.69) is 36.2 Å². The molecule has 0 aliphatic carbocycles. The van der Waals surface area contributed by atoms with E-state index in [1.165, 1.54) is 6.07 Å². The molecule has 0 unspecified atom stereocenters. The van der Waals surface area contributed by atoms with Crippen molar-refractivity contribution in [2.24, 2.45) is 0 Å². The summed E-state index contributed by atoms with van der Waals surface area (Å²) in [6.07, 6.45) is 1.59. The van der Waals surface area contributed by atoms with Crippen LogP contribution < -0.4 is 5.32 Å². The molecule has 4 nitrogen and oxygen atoms in total. The summed E-state index contributed by atoms with van der Waals surface area (Å²) < 4.78 is 15.3. The first kappa shape index (κ1) is 14.9. The number of halogens is 2. The van der Waals surface area contributed by atoms with Gasteiger partial charge < -0.3 is 5.32 Å². The third kappa shape index (κ3) is 4.02. The average molecular weight is 297 g/mol. The zero-order valence-corrected chi connectivity index (χ0v) is 12.6. The fraction of sp³-hybridized carbons (Fsp3) is 0.429. The molecular formula is C14H18ClFN4. The van der Waals surface area contributed by atoms with Crippen LogP contribution >= 0.6 is 11.6 Å². The Morgan fingerprint density at radius 3 is 2.75 bits per heavy atom. The molecule has 0 saturated heterocycles. The maximum absolute atomic E-state index is 13.7. The maximum Gasteiger partial charge on any atom is 0.164 e. The lowest BCUT2D eigenvalue weighted by atomic mass is 10.1. The van der Waals surface area contributed by atoms with Crippen molar-refractivity contribution in [1.82, 2.24) is 20.1 Å². The van der Waals surface area contributed by atoms with Gasteiger partial charge in [-0.25, -0.2) is 14.1 Å². The van der Waals surface area contributed by atoms with Crippen molar-refractivity contribution in [2.45, 2.75) is 39.4 Å². The first-order chi connectivity index (χ1) is 9.35. The lowest BCUT2D eigenvalue weighted by Gasteiger charge is -2.19. The second-order valence-corrected chi connectivity index (χ2v) is 6.07. The van der Waals surface area contributed by atoms with Gasteiger partial charge >= 0.3 is 0 Å². The van der Waals surface area contributed by atoms with Gasteiger partial charge in [0, 0.05) is 16.1 Å². The molecule has 0 aliphatic rings. The summed E-state index contributed by atoms with van der Waals surface area (Å²) in [5.41, 5.74) is 0.426. The van der Waals surface area contributed by atoms with Crippen molar-refractivity contribution < 1.29 is 4.39 Å². The van der Waals surface area contributed by atoms with Crippen LogP contribution in [-0.2, 0) is 13.1 Å². The summed E-state index contributed by atoms with van der Waals surface area (Å²) in [5, 5.41) is 8.01. The summed E-state index contributed by atoms with van der Waals surface area (Å²) >= 11 is 5.99. The Balaban J connectivity index is 2.06. The molecule has 108 valence electrons. The summed E-state index contributed by atoms with van der Waals surface area (Å²) in [4.78, 5) is 4.20. The zero-order chi connectivity index (χ0) is 14.8. The number of benzene rings is 1. The summed E-state index contributed by atoms with van der Waals surface area (Å²) in [7, 11) is 0. The van der Waals surface area contributed by atoms with E-state index in [0.29, 0.717) is 23.0 Å². The molecule has 0 spiro atoms. The molecule has 0 atom stereocenters. The smallest absolute Gasteiger partial charge is 0.164 e. The van der Waals surface area contributed by atoms with Crippen molar-refractivity contribution in [2.75, 3.05) is 0 Å². The zero-order valence-electron chi connectivity index (χ0n) is 11.8. The Morgan fingerprint density at radius 2 is 2.10 bits per heavy atom. The highest BCUT2D eigenvalue weighted by atomic mass is 35.5. The van der Waals surface area contributed by atoms with Crippen molar-refractivity contribution >= 4 is 11.6 Å². The quantitative estimate of drug-likeness (QED) is 0.943. The van der Waals surface area contributed by atoms with Crippen molar-refractivity contribution in [1.29, 1.82) is 0 Å². The highest BCUT2D eigenvalue weighted by Gasteiger charge is 2.12. The van der Waals surface area contributed by atoms with Gasteiger partial charge in [0.2, 0.25) is 0 Å². The highest BCUT2D eigenvalue weighted by Crippen LogP contribution is 2.19. The Morgan fingerprint density at radius 1 is 1.35 bits per heavy atom. The van der Waals surface area contributed by atoms with Crippen molar-refractivity contribution in [3.05, 3.63) is 46.8 Å². The standard InChI is InChI=1S/C14H18ClFN4/c1-14(2,3)18-7-13-17-9-20(19-13)8-10-11(15)5-4-6-12(10)16/h4-6,9,18H,7-8H2,1-3H3. The van der Waals surface area contributed by atoms with Crippen molar-refractivity contribution in [3.8, 4) is 0 Å². The number of nitrogens with one attached hydrogen (secondary N) is 1. The Kier molecular flexibility index (Phi) is 4.40. The molecule has 0 bridgehead atoms. The molecule has 2 rings (SSSR count). The lowest BCUT2D eigenvalue weighted by Crippen LogP contribution is -2.35. The molecular weight excluding hydrogens is 279 g/mol. The van der Waals surface area contributed by atoms with Gasteiger partial charge in [0.15, 0.2) is 5.82 Å². The van der Waals surface area contributed by atoms with Gasteiger partial charge in [0.25, 0.3) is 0 Å². The van der Waals surface area contributed by atoms with Crippen LogP contribution in [-0.4, -0.2) is 20.3 Å². The number of hydrogen-bond donors (Lipinski definition) is 1. The molecule has 20 heavy (non-hydrogen) atoms. The fourth-order valence-electron chi connectivity index (χ4n) is 1.68. The summed E-state index contributed by atoms with van der Waals surface area (Å²) in [6, 6.07) is 4.64. The second-order valence-electron chi connectivity index (χ2n) is 5.66. The van der Waals surface area contributed by atoms with Crippen LogP contribution in [0.1, 0.15) is 32.2 Å². The minimum Gasteiger partial charge on any atom is -0.305 e. The number of aromatic nitrogens is 3. The van der Waals surface area contributed by atoms with Crippen LogP contribution in [0.2, 0.25) is 5.02 Å². The monoisotopic (exact) mass is 296 g/mol. The number of rotatable bonds is 4. The van der Waals surface area contributed by atoms with Gasteiger partial charge in [0.05, 0.1) is 13.1 Å². The van der Waals surface area contributed by atoms with Crippen molar-refractivity contribution in [3.63, 3.8) is 0 Å². The number of nitrogens with zero attached hydrogens (tertiary/aromatic N) is 3. The molecule has 0 fully saturated rings. The van der Waals surface area contributed by atoms with E-state index in [0.717, 1.165) is 0 Å². The van der Waals surface area contributed by atoms with Crippen LogP contribution in [0, 0.1) is 5.82 Å². The summed E-state index contributed by atoms with van der Waals surface area (Å²) in [6.45, 7) is 7.06. The van der Waals surface area contributed by atoms with Crippen LogP contribution in [0.3, 0.4) is 0 Å². The third-order valence-corrected chi connectivity index (χ3v) is 3.10. The maximum atomic E-state index is 13.7. The predicted octanol–water partition coefficient (Wildman–Crippen LogP) is 3.01. The van der Waals surface area contributed by atoms with Gasteiger partial charge in [-0.2, -0.15) is 5.10 Å². The third-order valence-electron chi connectivity index (χ3n) is 2.74. The molecule has 0 amide bonds. The van der Waals surface area contributed by atoms with Crippen LogP contribution in [0.15, 0.2) is 24.5 Å². The van der Waals surface area contributed by atoms with E-state index in [9.17, 15) is 4.39 Å². The molecule has 0 saturated carbocycles. The lowest BCUT2D eigenvalue weighted by molar-refractivity contribution is 0.417. The van der Waals surface area contributed by atoms with Gasteiger partial charge in [0.1, 0.15) is 12.1 Å². The van der Waals surface area contributed by atoms with E-state index in [1.54, 1.807) is 23.1 Å². The largest absolute Gasteiger partial charge is 0.305 e. The fourth-order valence-corrected chi connectivity index (χ4v) is 1.90. The molecule has 0 aliphatic heterocycles. The number of hydrogen-bond acceptors (Lipinski definition) is 3. The molecule has 1 heterocycles. The Bertz CT molecular complexity index is 569. The normalized spacial score (nSPS) is 11.8. The van der Waals surface area contributed by atoms with Crippen LogP contribution in [0.4, 0.5) is 4.39 Å². The van der Waals surface area contributed by atoms with Gasteiger partial charge in [-0.05, 0) is 32.9 Å². The van der Waals surface area contributed by atoms with E-state index in [1.807, 2.05) is 0 Å². The molecule has 1 aromatic heterocycles. The predicted molar refractivity (Wildman–Crippen MR) is 77.1 cm³/mol. The summed E-state index contributed by atoms with van der Waals surface area (Å²) in [5.74, 6) is 0.342. The first-order valence-corrected chi connectivity index (χ1v) is 6.79. The van der Waals surface area contributed by atoms with Gasteiger partial charge in [-0.1, -0.05) is 17.7 Å². The minimum atomic E-state index is -0.331.